The van der Waals surface area contributed by atoms with Crippen molar-refractivity contribution in [2.75, 3.05) is 6.54 Å². The summed E-state index contributed by atoms with van der Waals surface area (Å²) in [7, 11) is 0. The molecule has 1 N–H and O–H groups in total. The van der Waals surface area contributed by atoms with E-state index >= 15 is 0 Å². The van der Waals surface area contributed by atoms with Crippen LogP contribution in [0.25, 0.3) is 0 Å². The maximum absolute atomic E-state index is 4.79. The first-order valence-corrected chi connectivity index (χ1v) is 8.33. The van der Waals surface area contributed by atoms with E-state index in [9.17, 15) is 0 Å². The fourth-order valence-electron chi connectivity index (χ4n) is 2.73. The molecule has 1 aliphatic heterocycles. The van der Waals surface area contributed by atoms with Crippen molar-refractivity contribution in [1.82, 2.24) is 10.4 Å². The second kappa shape index (κ2) is 7.36. The second-order valence-electron chi connectivity index (χ2n) is 6.31. The predicted molar refractivity (Wildman–Crippen MR) is 95.8 cm³/mol. The van der Waals surface area contributed by atoms with Crippen LogP contribution < -0.4 is 5.43 Å². The van der Waals surface area contributed by atoms with Gasteiger partial charge in [0.25, 0.3) is 0 Å². The van der Waals surface area contributed by atoms with E-state index in [1.54, 1.807) is 0 Å². The number of nitrogens with one attached hydrogen (secondary N) is 1. The molecule has 0 spiro atoms. The molecule has 3 rings (SSSR count). The molecule has 0 saturated heterocycles. The van der Waals surface area contributed by atoms with Crippen LogP contribution in [0.1, 0.15) is 43.6 Å². The van der Waals surface area contributed by atoms with Gasteiger partial charge < -0.3 is 0 Å². The monoisotopic (exact) mass is 308 g/mol. The van der Waals surface area contributed by atoms with Gasteiger partial charge in [0.15, 0.2) is 0 Å². The minimum Gasteiger partial charge on any atom is -0.270 e. The summed E-state index contributed by atoms with van der Waals surface area (Å²) in [4.78, 5) is 8.92. The summed E-state index contributed by atoms with van der Waals surface area (Å²) in [5.41, 5.74) is 6.54. The minimum atomic E-state index is 0.213. The summed E-state index contributed by atoms with van der Waals surface area (Å²) < 4.78 is 0. The van der Waals surface area contributed by atoms with Crippen molar-refractivity contribution in [2.45, 2.75) is 38.0 Å². The first kappa shape index (κ1) is 15.7. The van der Waals surface area contributed by atoms with Gasteiger partial charge in [0.1, 0.15) is 5.84 Å². The number of hydrogen-bond donors (Lipinski definition) is 1. The number of hydrogen-bond acceptors (Lipinski definition) is 3. The standard InChI is InChI=1S/C19H24N4/c1-3-4-5-14(2)18-12-17(16-8-10-20-11-9-16)19(23-22-18)21-13-15-6-7-15/h3,8-11,15,17H,1-2,4-7,12-13H2,(H,21,23). The Morgan fingerprint density at radius 2 is 2.13 bits per heavy atom. The van der Waals surface area contributed by atoms with Gasteiger partial charge in [0.05, 0.1) is 5.71 Å². The molecule has 4 heteroatoms. The lowest BCUT2D eigenvalue weighted by Crippen LogP contribution is -2.34. The molecule has 23 heavy (non-hydrogen) atoms. The first-order chi connectivity index (χ1) is 11.3. The van der Waals surface area contributed by atoms with E-state index in [1.165, 1.54) is 18.4 Å². The zero-order valence-corrected chi connectivity index (χ0v) is 13.5. The number of amidine groups is 1. The number of aliphatic imine (C=N–C) groups is 1. The van der Waals surface area contributed by atoms with Gasteiger partial charge in [-0.1, -0.05) is 12.7 Å². The van der Waals surface area contributed by atoms with Crippen LogP contribution in [-0.2, 0) is 0 Å². The Balaban J connectivity index is 1.79. The lowest BCUT2D eigenvalue weighted by Gasteiger charge is -2.26. The quantitative estimate of drug-likeness (QED) is 0.778. The lowest BCUT2D eigenvalue weighted by molar-refractivity contribution is 0.770. The number of allylic oxidation sites excluding steroid dienone is 2. The van der Waals surface area contributed by atoms with Crippen LogP contribution in [0.4, 0.5) is 0 Å². The Morgan fingerprint density at radius 1 is 1.35 bits per heavy atom. The van der Waals surface area contributed by atoms with E-state index in [4.69, 9.17) is 4.99 Å². The third kappa shape index (κ3) is 4.15. The third-order valence-electron chi connectivity index (χ3n) is 4.42. The summed E-state index contributed by atoms with van der Waals surface area (Å²) in [5, 5.41) is 4.52. The molecule has 2 aliphatic rings. The van der Waals surface area contributed by atoms with Gasteiger partial charge in [-0.05, 0) is 54.9 Å². The summed E-state index contributed by atoms with van der Waals surface area (Å²) in [6.45, 7) is 8.87. The molecule has 0 radical (unpaired) electrons. The molecule has 120 valence electrons. The van der Waals surface area contributed by atoms with Gasteiger partial charge in [-0.25, -0.2) is 0 Å². The smallest absolute Gasteiger partial charge is 0.125 e. The van der Waals surface area contributed by atoms with Gasteiger partial charge in [-0.3, -0.25) is 15.4 Å². The molecule has 1 aliphatic carbocycles. The van der Waals surface area contributed by atoms with Crippen molar-refractivity contribution >= 4 is 11.5 Å². The summed E-state index contributed by atoms with van der Waals surface area (Å²) in [6, 6.07) is 4.13. The fraction of sp³-hybridized carbons (Fsp3) is 0.421. The highest BCUT2D eigenvalue weighted by Gasteiger charge is 2.27. The number of hydrazone groups is 1. The summed E-state index contributed by atoms with van der Waals surface area (Å²) in [6.07, 6.45) is 10.9. The highest BCUT2D eigenvalue weighted by atomic mass is 15.3. The molecule has 0 aromatic carbocycles. The molecule has 1 aromatic rings. The normalized spacial score (nSPS) is 22.3. The van der Waals surface area contributed by atoms with Crippen molar-refractivity contribution in [1.29, 1.82) is 0 Å². The van der Waals surface area contributed by atoms with Crippen LogP contribution in [0.2, 0.25) is 0 Å². The summed E-state index contributed by atoms with van der Waals surface area (Å²) >= 11 is 0. The van der Waals surface area contributed by atoms with E-state index in [0.29, 0.717) is 0 Å². The Hall–Kier alpha value is -2.23. The number of rotatable bonds is 7. The van der Waals surface area contributed by atoms with Crippen molar-refractivity contribution < 1.29 is 0 Å². The van der Waals surface area contributed by atoms with Crippen molar-refractivity contribution in [3.63, 3.8) is 0 Å². The Bertz CT molecular complexity index is 626. The molecular formula is C19H24N4. The molecule has 1 aromatic heterocycles. The molecule has 2 heterocycles. The van der Waals surface area contributed by atoms with Gasteiger partial charge in [-0.15, -0.1) is 6.58 Å². The summed E-state index contributed by atoms with van der Waals surface area (Å²) in [5.74, 6) is 1.96. The zero-order chi connectivity index (χ0) is 16.1. The molecular weight excluding hydrogens is 284 g/mol. The van der Waals surface area contributed by atoms with Crippen LogP contribution in [0.15, 0.2) is 59.4 Å². The molecule has 0 bridgehead atoms. The van der Waals surface area contributed by atoms with Crippen LogP contribution in [0.5, 0.6) is 0 Å². The number of pyridine rings is 1. The van der Waals surface area contributed by atoms with E-state index in [1.807, 2.05) is 18.5 Å². The van der Waals surface area contributed by atoms with E-state index in [-0.39, 0.29) is 5.92 Å². The van der Waals surface area contributed by atoms with Crippen molar-refractivity contribution in [3.8, 4) is 0 Å². The molecule has 1 fully saturated rings. The molecule has 0 amide bonds. The lowest BCUT2D eigenvalue weighted by atomic mass is 9.89. The second-order valence-corrected chi connectivity index (χ2v) is 6.31. The average molecular weight is 308 g/mol. The number of nitrogens with zero attached hydrogens (tertiary/aromatic N) is 3. The van der Waals surface area contributed by atoms with E-state index in [0.717, 1.165) is 48.8 Å². The minimum absolute atomic E-state index is 0.213. The Kier molecular flexibility index (Phi) is 5.01. The van der Waals surface area contributed by atoms with Crippen LogP contribution >= 0.6 is 0 Å². The van der Waals surface area contributed by atoms with Gasteiger partial charge >= 0.3 is 0 Å². The van der Waals surface area contributed by atoms with Crippen LogP contribution in [0.3, 0.4) is 0 Å². The highest BCUT2D eigenvalue weighted by Crippen LogP contribution is 2.31. The SMILES string of the molecule is C=CCCC(=C)C1=NNC(=NCC2CC2)C(c2ccncc2)C1. The van der Waals surface area contributed by atoms with Gasteiger partial charge in [0, 0.05) is 31.3 Å². The molecule has 1 atom stereocenters. The molecule has 1 saturated carbocycles. The highest BCUT2D eigenvalue weighted by molar-refractivity contribution is 6.06. The largest absolute Gasteiger partial charge is 0.270 e. The zero-order valence-electron chi connectivity index (χ0n) is 13.5. The van der Waals surface area contributed by atoms with E-state index in [2.05, 4.69) is 40.8 Å². The first-order valence-electron chi connectivity index (χ1n) is 8.33. The average Bonchev–Trinajstić information content (AvgIpc) is 3.43. The van der Waals surface area contributed by atoms with Gasteiger partial charge in [-0.2, -0.15) is 5.10 Å². The number of aromatic nitrogens is 1. The Morgan fingerprint density at radius 3 is 2.83 bits per heavy atom. The van der Waals surface area contributed by atoms with Crippen LogP contribution in [-0.4, -0.2) is 23.1 Å². The predicted octanol–water partition coefficient (Wildman–Crippen LogP) is 3.85. The maximum Gasteiger partial charge on any atom is 0.125 e. The van der Waals surface area contributed by atoms with Gasteiger partial charge in [0.2, 0.25) is 0 Å². The maximum atomic E-state index is 4.79. The molecule has 1 unspecified atom stereocenters. The fourth-order valence-corrected chi connectivity index (χ4v) is 2.73. The third-order valence-corrected chi connectivity index (χ3v) is 4.42. The van der Waals surface area contributed by atoms with Crippen molar-refractivity contribution in [3.05, 3.63) is 54.9 Å². The topological polar surface area (TPSA) is 49.6 Å². The molecule has 4 nitrogen and oxygen atoms in total. The van der Waals surface area contributed by atoms with Crippen molar-refractivity contribution in [2.24, 2.45) is 16.0 Å². The van der Waals surface area contributed by atoms with E-state index < -0.39 is 0 Å². The Labute approximate surface area is 138 Å². The van der Waals surface area contributed by atoms with Crippen LogP contribution in [0, 0.1) is 5.92 Å².